The van der Waals surface area contributed by atoms with Gasteiger partial charge in [0.15, 0.2) is 0 Å². The van der Waals surface area contributed by atoms with E-state index >= 15 is 0 Å². The molecule has 1 saturated heterocycles. The zero-order valence-corrected chi connectivity index (χ0v) is 13.9. The maximum absolute atomic E-state index is 12.7. The largest absolute Gasteiger partial charge is 0.352 e. The second-order valence-corrected chi connectivity index (χ2v) is 6.06. The first-order valence-corrected chi connectivity index (χ1v) is 8.10. The van der Waals surface area contributed by atoms with Crippen molar-refractivity contribution >= 4 is 11.8 Å². The van der Waals surface area contributed by atoms with Crippen LogP contribution in [-0.4, -0.2) is 40.8 Å². The number of rotatable bonds is 3. The molecule has 1 atom stereocenters. The fourth-order valence-electron chi connectivity index (χ4n) is 3.00. The van der Waals surface area contributed by atoms with Crippen LogP contribution in [0.5, 0.6) is 0 Å². The van der Waals surface area contributed by atoms with Crippen LogP contribution < -0.4 is 5.32 Å². The third-order valence-corrected chi connectivity index (χ3v) is 4.20. The number of carbonyl (C=O) groups excluding carboxylic acids is 2. The molecule has 1 N–H and O–H groups in total. The number of nitrogens with one attached hydrogen (secondary N) is 1. The van der Waals surface area contributed by atoms with Crippen LogP contribution in [0.15, 0.2) is 42.6 Å². The Morgan fingerprint density at radius 2 is 2.12 bits per heavy atom. The molecule has 2 aromatic rings. The van der Waals surface area contributed by atoms with E-state index in [1.54, 1.807) is 23.2 Å². The Labute approximate surface area is 146 Å². The summed E-state index contributed by atoms with van der Waals surface area (Å²) in [6, 6.07) is 12.8. The number of pyridine rings is 1. The van der Waals surface area contributed by atoms with Gasteiger partial charge in [-0.15, -0.1) is 0 Å². The number of nitriles is 1. The van der Waals surface area contributed by atoms with Crippen LogP contribution in [0.2, 0.25) is 0 Å². The monoisotopic (exact) mass is 334 g/mol. The molecule has 1 aliphatic heterocycles. The smallest absolute Gasteiger partial charge is 0.253 e. The van der Waals surface area contributed by atoms with Crippen LogP contribution in [-0.2, 0) is 4.79 Å². The van der Waals surface area contributed by atoms with Crippen molar-refractivity contribution < 1.29 is 9.59 Å². The molecular weight excluding hydrogens is 316 g/mol. The van der Waals surface area contributed by atoms with Crippen molar-refractivity contribution in [3.05, 3.63) is 53.9 Å². The minimum absolute atomic E-state index is 0.0207. The molecule has 126 valence electrons. The maximum atomic E-state index is 12.7. The molecule has 25 heavy (non-hydrogen) atoms. The second-order valence-electron chi connectivity index (χ2n) is 6.06. The summed E-state index contributed by atoms with van der Waals surface area (Å²) in [5.41, 5.74) is 2.69. The number of hydrogen-bond acceptors (Lipinski definition) is 4. The average molecular weight is 334 g/mol. The number of nitrogens with zero attached hydrogens (tertiary/aromatic N) is 3. The molecule has 0 aliphatic carbocycles. The molecule has 1 aliphatic rings. The lowest BCUT2D eigenvalue weighted by Crippen LogP contribution is -2.37. The standard InChI is InChI=1S/C19H18N4O2/c1-13(24)22-18-7-8-23(12-18)19(25)15-4-2-3-14(9-15)16-5-6-17(10-20)21-11-16/h2-6,9,11,18H,7-8,12H2,1H3,(H,22,24)/t18-/m0/s1. The van der Waals surface area contributed by atoms with Gasteiger partial charge >= 0.3 is 0 Å². The number of amides is 2. The van der Waals surface area contributed by atoms with Crippen molar-refractivity contribution in [3.8, 4) is 17.2 Å². The maximum Gasteiger partial charge on any atom is 0.253 e. The van der Waals surface area contributed by atoms with Crippen molar-refractivity contribution in [2.45, 2.75) is 19.4 Å². The molecular formula is C19H18N4O2. The highest BCUT2D eigenvalue weighted by atomic mass is 16.2. The predicted molar refractivity (Wildman–Crippen MR) is 92.5 cm³/mol. The lowest BCUT2D eigenvalue weighted by Gasteiger charge is -2.17. The zero-order chi connectivity index (χ0) is 17.8. The first kappa shape index (κ1) is 16.7. The third kappa shape index (κ3) is 3.83. The summed E-state index contributed by atoms with van der Waals surface area (Å²) < 4.78 is 0. The number of hydrogen-bond donors (Lipinski definition) is 1. The molecule has 1 fully saturated rings. The summed E-state index contributed by atoms with van der Waals surface area (Å²) in [6.45, 7) is 2.65. The van der Waals surface area contributed by atoms with E-state index < -0.39 is 0 Å². The van der Waals surface area contributed by atoms with Crippen LogP contribution in [0.1, 0.15) is 29.4 Å². The lowest BCUT2D eigenvalue weighted by atomic mass is 10.0. The van der Waals surface area contributed by atoms with Gasteiger partial charge < -0.3 is 10.2 Å². The first-order valence-electron chi connectivity index (χ1n) is 8.10. The van der Waals surface area contributed by atoms with Crippen LogP contribution >= 0.6 is 0 Å². The normalized spacial score (nSPS) is 16.3. The zero-order valence-electron chi connectivity index (χ0n) is 13.9. The summed E-state index contributed by atoms with van der Waals surface area (Å²) in [5, 5.41) is 11.7. The Morgan fingerprint density at radius 1 is 1.28 bits per heavy atom. The van der Waals surface area contributed by atoms with Gasteiger partial charge in [0.2, 0.25) is 5.91 Å². The highest BCUT2D eigenvalue weighted by Gasteiger charge is 2.27. The van der Waals surface area contributed by atoms with E-state index in [0.717, 1.165) is 17.5 Å². The van der Waals surface area contributed by atoms with Crippen LogP contribution in [0.3, 0.4) is 0 Å². The average Bonchev–Trinajstić information content (AvgIpc) is 3.09. The lowest BCUT2D eigenvalue weighted by molar-refractivity contribution is -0.119. The van der Waals surface area contributed by atoms with Gasteiger partial charge in [0.1, 0.15) is 11.8 Å². The minimum Gasteiger partial charge on any atom is -0.352 e. The number of benzene rings is 1. The summed E-state index contributed by atoms with van der Waals surface area (Å²) >= 11 is 0. The third-order valence-electron chi connectivity index (χ3n) is 4.20. The molecule has 0 saturated carbocycles. The van der Waals surface area contributed by atoms with Crippen LogP contribution in [0.4, 0.5) is 0 Å². The van der Waals surface area contributed by atoms with Crippen LogP contribution in [0.25, 0.3) is 11.1 Å². The molecule has 1 aromatic heterocycles. The summed E-state index contributed by atoms with van der Waals surface area (Å²) in [6.07, 6.45) is 2.40. The Bertz CT molecular complexity index is 839. The fourth-order valence-corrected chi connectivity index (χ4v) is 3.00. The van der Waals surface area contributed by atoms with E-state index in [1.165, 1.54) is 6.92 Å². The molecule has 0 bridgehead atoms. The van der Waals surface area contributed by atoms with Gasteiger partial charge in [-0.05, 0) is 36.2 Å². The van der Waals surface area contributed by atoms with Gasteiger partial charge in [-0.1, -0.05) is 12.1 Å². The molecule has 3 rings (SSSR count). The van der Waals surface area contributed by atoms with Crippen molar-refractivity contribution in [2.24, 2.45) is 0 Å². The Hall–Kier alpha value is -3.20. The van der Waals surface area contributed by atoms with Crippen LogP contribution in [0, 0.1) is 11.3 Å². The van der Waals surface area contributed by atoms with E-state index in [0.29, 0.717) is 24.3 Å². The molecule has 2 amide bonds. The van der Waals surface area contributed by atoms with E-state index in [-0.39, 0.29) is 17.9 Å². The molecule has 6 heteroatoms. The minimum atomic E-state index is -0.0744. The van der Waals surface area contributed by atoms with Crippen molar-refractivity contribution in [1.29, 1.82) is 5.26 Å². The van der Waals surface area contributed by atoms with Gasteiger partial charge in [0.25, 0.3) is 5.91 Å². The van der Waals surface area contributed by atoms with Crippen molar-refractivity contribution in [3.63, 3.8) is 0 Å². The molecule has 1 aromatic carbocycles. The Morgan fingerprint density at radius 3 is 2.80 bits per heavy atom. The fraction of sp³-hybridized carbons (Fsp3) is 0.263. The van der Waals surface area contributed by atoms with E-state index in [1.807, 2.05) is 30.3 Å². The molecule has 0 unspecified atom stereocenters. The second kappa shape index (κ2) is 7.14. The van der Waals surface area contributed by atoms with Crippen molar-refractivity contribution in [2.75, 3.05) is 13.1 Å². The molecule has 0 radical (unpaired) electrons. The van der Waals surface area contributed by atoms with Gasteiger partial charge in [0.05, 0.1) is 0 Å². The van der Waals surface area contributed by atoms with Gasteiger partial charge in [-0.2, -0.15) is 5.26 Å². The number of likely N-dealkylation sites (tertiary alicyclic amines) is 1. The number of aromatic nitrogens is 1. The van der Waals surface area contributed by atoms with Gasteiger partial charge in [-0.3, -0.25) is 9.59 Å². The number of carbonyl (C=O) groups is 2. The highest BCUT2D eigenvalue weighted by molar-refractivity contribution is 5.95. The Balaban J connectivity index is 1.76. The quantitative estimate of drug-likeness (QED) is 0.930. The van der Waals surface area contributed by atoms with E-state index in [2.05, 4.69) is 10.3 Å². The SMILES string of the molecule is CC(=O)N[C@H]1CCN(C(=O)c2cccc(-c3ccc(C#N)nc3)c2)C1. The summed E-state index contributed by atoms with van der Waals surface area (Å²) in [5.74, 6) is -0.120. The van der Waals surface area contributed by atoms with E-state index in [4.69, 9.17) is 5.26 Å². The van der Waals surface area contributed by atoms with Gasteiger partial charge in [-0.25, -0.2) is 4.98 Å². The summed E-state index contributed by atoms with van der Waals surface area (Å²) in [4.78, 5) is 29.7. The predicted octanol–water partition coefficient (Wildman–Crippen LogP) is 1.97. The topological polar surface area (TPSA) is 86.1 Å². The molecule has 2 heterocycles. The Kier molecular flexibility index (Phi) is 4.75. The summed E-state index contributed by atoms with van der Waals surface area (Å²) in [7, 11) is 0. The van der Waals surface area contributed by atoms with Gasteiger partial charge in [0, 0.05) is 43.4 Å². The van der Waals surface area contributed by atoms with Crippen molar-refractivity contribution in [1.82, 2.24) is 15.2 Å². The molecule has 6 nitrogen and oxygen atoms in total. The molecule has 0 spiro atoms. The van der Waals surface area contributed by atoms with E-state index in [9.17, 15) is 9.59 Å². The first-order chi connectivity index (χ1) is 12.1. The highest BCUT2D eigenvalue weighted by Crippen LogP contribution is 2.22.